The first-order valence-corrected chi connectivity index (χ1v) is 32.3. The van der Waals surface area contributed by atoms with Crippen LogP contribution >= 0.6 is 0 Å². The molecule has 3 heterocycles. The maximum Gasteiger partial charge on any atom is 0.220 e. The van der Waals surface area contributed by atoms with E-state index in [0.717, 1.165) is 51.4 Å². The SMILES string of the molecule is CCCCCCCCCCCCCCCCCCCCCCCCCCCCCCCCC(O)C(COC1OC(CO)C(OC2OC(CO)C(OC3OC(CO)C(O)C(O)C3O)C(O)C2O)C(O)C1O)NC(=O)CCCCCCC. The molecule has 1 amide bonds. The van der Waals surface area contributed by atoms with E-state index in [-0.39, 0.29) is 18.9 Å². The summed E-state index contributed by atoms with van der Waals surface area (Å²) in [6, 6.07) is -0.878. The second-order valence-electron chi connectivity index (χ2n) is 23.6. The quantitative estimate of drug-likeness (QED) is 0.0280. The molecule has 3 fully saturated rings. The van der Waals surface area contributed by atoms with E-state index in [1.165, 1.54) is 167 Å². The molecule has 3 aliphatic heterocycles. The highest BCUT2D eigenvalue weighted by atomic mass is 16.8. The van der Waals surface area contributed by atoms with Crippen LogP contribution in [0.1, 0.15) is 251 Å². The summed E-state index contributed by atoms with van der Waals surface area (Å²) in [6.45, 7) is 1.71. The van der Waals surface area contributed by atoms with Crippen molar-refractivity contribution in [3.8, 4) is 0 Å². The lowest BCUT2D eigenvalue weighted by Crippen LogP contribution is -2.66. The normalized spacial score (nSPS) is 29.9. The summed E-state index contributed by atoms with van der Waals surface area (Å²) in [5.74, 6) is -0.253. The van der Waals surface area contributed by atoms with Crippen LogP contribution in [0.3, 0.4) is 0 Å². The van der Waals surface area contributed by atoms with E-state index in [1.54, 1.807) is 0 Å². The Hall–Kier alpha value is -1.21. The second-order valence-corrected chi connectivity index (χ2v) is 23.6. The number of aliphatic hydroxyl groups excluding tert-OH is 11. The van der Waals surface area contributed by atoms with Crippen LogP contribution in [-0.4, -0.2) is 193 Å². The van der Waals surface area contributed by atoms with Crippen molar-refractivity contribution >= 4 is 5.91 Å². The Labute approximate surface area is 481 Å². The van der Waals surface area contributed by atoms with Gasteiger partial charge in [-0.3, -0.25) is 4.79 Å². The summed E-state index contributed by atoms with van der Waals surface area (Å²) in [7, 11) is 0. The minimum Gasteiger partial charge on any atom is -0.394 e. The van der Waals surface area contributed by atoms with Crippen LogP contribution < -0.4 is 5.32 Å². The zero-order valence-corrected chi connectivity index (χ0v) is 49.6. The van der Waals surface area contributed by atoms with E-state index >= 15 is 0 Å². The van der Waals surface area contributed by atoms with Gasteiger partial charge in [0.1, 0.15) is 73.2 Å². The van der Waals surface area contributed by atoms with Gasteiger partial charge in [0.25, 0.3) is 0 Å². The van der Waals surface area contributed by atoms with E-state index in [2.05, 4.69) is 19.2 Å². The number of rotatable bonds is 49. The predicted molar refractivity (Wildman–Crippen MR) is 305 cm³/mol. The van der Waals surface area contributed by atoms with Gasteiger partial charge in [-0.2, -0.15) is 0 Å². The lowest BCUT2D eigenvalue weighted by Gasteiger charge is -2.48. The standard InChI is InChI=1S/C61H117NO18/c1-3-5-7-9-10-11-12-13-14-15-16-17-18-19-20-21-22-23-24-25-26-27-28-29-30-31-32-33-35-36-38-45(66)44(62-49(67)39-37-34-8-6-4-2)43-75-59-55(73)52(70)57(47(41-64)77-59)80-61-56(74)53(71)58(48(42-65)78-61)79-60-54(72)51(69)50(68)46(40-63)76-60/h44-48,50-61,63-66,68-74H,3-43H2,1-2H3,(H,62,67). The fourth-order valence-corrected chi connectivity index (χ4v) is 11.4. The third kappa shape index (κ3) is 28.3. The summed E-state index contributed by atoms with van der Waals surface area (Å²) in [5.41, 5.74) is 0. The van der Waals surface area contributed by atoms with E-state index in [0.29, 0.717) is 12.8 Å². The number of carbonyl (C=O) groups excluding carboxylic acids is 1. The van der Waals surface area contributed by atoms with Crippen molar-refractivity contribution in [3.63, 3.8) is 0 Å². The Morgan fingerprint density at radius 2 is 0.713 bits per heavy atom. The van der Waals surface area contributed by atoms with Crippen LogP contribution in [0.4, 0.5) is 0 Å². The molecule has 19 heteroatoms. The van der Waals surface area contributed by atoms with Crippen LogP contribution in [0.15, 0.2) is 0 Å². The van der Waals surface area contributed by atoms with Crippen LogP contribution in [0.5, 0.6) is 0 Å². The van der Waals surface area contributed by atoms with Gasteiger partial charge in [0.05, 0.1) is 38.6 Å². The molecular weight excluding hydrogens is 1030 g/mol. The van der Waals surface area contributed by atoms with Crippen molar-refractivity contribution < 1.29 is 89.4 Å². The molecule has 0 spiro atoms. The Morgan fingerprint density at radius 1 is 0.400 bits per heavy atom. The van der Waals surface area contributed by atoms with Crippen molar-refractivity contribution in [1.29, 1.82) is 0 Å². The van der Waals surface area contributed by atoms with Crippen molar-refractivity contribution in [2.45, 2.75) is 356 Å². The van der Waals surface area contributed by atoms with Gasteiger partial charge in [-0.1, -0.05) is 232 Å². The summed E-state index contributed by atoms with van der Waals surface area (Å²) in [6.07, 6.45) is 18.6. The van der Waals surface area contributed by atoms with Crippen LogP contribution in [0, 0.1) is 0 Å². The van der Waals surface area contributed by atoms with Crippen molar-refractivity contribution in [3.05, 3.63) is 0 Å². The second kappa shape index (κ2) is 45.2. The van der Waals surface area contributed by atoms with Gasteiger partial charge in [-0.15, -0.1) is 0 Å². The average molecular weight is 1150 g/mol. The molecule has 3 saturated heterocycles. The first-order chi connectivity index (χ1) is 38.8. The third-order valence-corrected chi connectivity index (χ3v) is 16.7. The van der Waals surface area contributed by atoms with Crippen molar-refractivity contribution in [1.82, 2.24) is 5.32 Å². The molecule has 0 radical (unpaired) electrons. The number of aliphatic hydroxyl groups is 11. The molecule has 0 saturated carbocycles. The highest BCUT2D eigenvalue weighted by Crippen LogP contribution is 2.33. The van der Waals surface area contributed by atoms with Gasteiger partial charge in [-0.25, -0.2) is 0 Å². The number of nitrogens with one attached hydrogen (secondary N) is 1. The number of hydrogen-bond donors (Lipinski definition) is 12. The average Bonchev–Trinajstić information content (AvgIpc) is 3.45. The zero-order valence-electron chi connectivity index (χ0n) is 49.6. The Morgan fingerprint density at radius 3 is 1.09 bits per heavy atom. The maximum absolute atomic E-state index is 13.1. The van der Waals surface area contributed by atoms with E-state index in [4.69, 9.17) is 28.4 Å². The zero-order chi connectivity index (χ0) is 58.3. The molecule has 474 valence electrons. The molecule has 17 atom stereocenters. The summed E-state index contributed by atoms with van der Waals surface area (Å²) in [5, 5.41) is 120. The molecule has 0 bridgehead atoms. The third-order valence-electron chi connectivity index (χ3n) is 16.7. The minimum absolute atomic E-state index is 0.253. The van der Waals surface area contributed by atoms with Gasteiger partial charge < -0.3 is 89.9 Å². The first kappa shape index (κ1) is 73.0. The monoisotopic (exact) mass is 1150 g/mol. The molecule has 0 aromatic heterocycles. The molecular formula is C61H117NO18. The smallest absolute Gasteiger partial charge is 0.220 e. The largest absolute Gasteiger partial charge is 0.394 e. The van der Waals surface area contributed by atoms with E-state index < -0.39 is 124 Å². The molecule has 0 aliphatic carbocycles. The van der Waals surface area contributed by atoms with Crippen LogP contribution in [-0.2, 0) is 33.2 Å². The molecule has 19 nitrogen and oxygen atoms in total. The van der Waals surface area contributed by atoms with Crippen molar-refractivity contribution in [2.75, 3.05) is 26.4 Å². The van der Waals surface area contributed by atoms with Crippen LogP contribution in [0.25, 0.3) is 0 Å². The molecule has 0 aromatic rings. The topological polar surface area (TPSA) is 307 Å². The molecule has 3 rings (SSSR count). The van der Waals surface area contributed by atoms with Crippen LogP contribution in [0.2, 0.25) is 0 Å². The Bertz CT molecular complexity index is 1470. The molecule has 80 heavy (non-hydrogen) atoms. The van der Waals surface area contributed by atoms with Gasteiger partial charge in [-0.05, 0) is 12.8 Å². The lowest BCUT2D eigenvalue weighted by molar-refractivity contribution is -0.379. The highest BCUT2D eigenvalue weighted by Gasteiger charge is 2.53. The van der Waals surface area contributed by atoms with E-state index in [1.807, 2.05) is 0 Å². The number of carbonyl (C=O) groups is 1. The number of unbranched alkanes of at least 4 members (excludes halogenated alkanes) is 33. The number of amides is 1. The van der Waals surface area contributed by atoms with Crippen molar-refractivity contribution in [2.24, 2.45) is 0 Å². The number of hydrogen-bond acceptors (Lipinski definition) is 18. The first-order valence-electron chi connectivity index (χ1n) is 32.3. The fourth-order valence-electron chi connectivity index (χ4n) is 11.4. The minimum atomic E-state index is -1.97. The Balaban J connectivity index is 1.31. The highest BCUT2D eigenvalue weighted by molar-refractivity contribution is 5.76. The summed E-state index contributed by atoms with van der Waals surface area (Å²) < 4.78 is 34.2. The van der Waals surface area contributed by atoms with E-state index in [9.17, 15) is 61.0 Å². The molecule has 17 unspecified atom stereocenters. The molecule has 0 aromatic carbocycles. The van der Waals surface area contributed by atoms with Gasteiger partial charge >= 0.3 is 0 Å². The fraction of sp³-hybridized carbons (Fsp3) is 0.984. The summed E-state index contributed by atoms with van der Waals surface area (Å²) in [4.78, 5) is 13.1. The maximum atomic E-state index is 13.1. The Kier molecular flexibility index (Phi) is 41.2. The molecule has 12 N–H and O–H groups in total. The summed E-state index contributed by atoms with van der Waals surface area (Å²) >= 11 is 0. The number of ether oxygens (including phenoxy) is 6. The van der Waals surface area contributed by atoms with Gasteiger partial charge in [0.15, 0.2) is 18.9 Å². The predicted octanol–water partition coefficient (Wildman–Crippen LogP) is 6.77. The molecule has 3 aliphatic rings. The van der Waals surface area contributed by atoms with Gasteiger partial charge in [0, 0.05) is 6.42 Å². The van der Waals surface area contributed by atoms with Gasteiger partial charge in [0.2, 0.25) is 5.91 Å². The lowest BCUT2D eigenvalue weighted by atomic mass is 9.96.